The molecule has 1 nitrogen and oxygen atoms in total. The van der Waals surface area contributed by atoms with Gasteiger partial charge in [0.1, 0.15) is 0 Å². The van der Waals surface area contributed by atoms with Crippen molar-refractivity contribution in [3.63, 3.8) is 0 Å². The van der Waals surface area contributed by atoms with Crippen molar-refractivity contribution in [1.29, 1.82) is 0 Å². The Morgan fingerprint density at radius 3 is 2.24 bits per heavy atom. The first-order chi connectivity index (χ1) is 10.2. The first-order valence-electron chi connectivity index (χ1n) is 9.01. The second-order valence-corrected chi connectivity index (χ2v) is 6.90. The monoisotopic (exact) mass is 287 g/mol. The lowest BCUT2D eigenvalue weighted by Gasteiger charge is -2.24. The van der Waals surface area contributed by atoms with Gasteiger partial charge in [0.25, 0.3) is 0 Å². The zero-order chi connectivity index (χ0) is 15.1. The minimum absolute atomic E-state index is 0.526. The normalized spacial score (nSPS) is 19.4. The summed E-state index contributed by atoms with van der Waals surface area (Å²) in [4.78, 5) is 0. The van der Waals surface area contributed by atoms with Crippen LogP contribution in [-0.2, 0) is 0 Å². The summed E-state index contributed by atoms with van der Waals surface area (Å²) in [6, 6.07) is 9.86. The van der Waals surface area contributed by atoms with Crippen LogP contribution in [0.4, 0.5) is 0 Å². The average molecular weight is 287 g/mol. The second kappa shape index (κ2) is 8.58. The van der Waals surface area contributed by atoms with E-state index in [2.05, 4.69) is 50.5 Å². The third kappa shape index (κ3) is 4.85. The van der Waals surface area contributed by atoms with Crippen molar-refractivity contribution < 1.29 is 0 Å². The van der Waals surface area contributed by atoms with Crippen molar-refractivity contribution >= 4 is 0 Å². The summed E-state index contributed by atoms with van der Waals surface area (Å²) in [6.45, 7) is 4.58. The van der Waals surface area contributed by atoms with E-state index in [-0.39, 0.29) is 0 Å². The Balaban J connectivity index is 1.90. The Labute approximate surface area is 131 Å². The standard InChI is InChI=1S/C20H33N/c1-4-16(2)18-11-13-19(14-12-18)20(21-3)15-10-17-8-6-5-7-9-17/h11-14,16-17,20-21H,4-10,15H2,1-3H3. The third-order valence-electron chi connectivity index (χ3n) is 5.46. The lowest BCUT2D eigenvalue weighted by Crippen LogP contribution is -2.18. The van der Waals surface area contributed by atoms with Crippen molar-refractivity contribution in [1.82, 2.24) is 5.32 Å². The maximum atomic E-state index is 3.52. The molecular formula is C20H33N. The first kappa shape index (κ1) is 16.5. The molecule has 2 rings (SSSR count). The molecule has 1 N–H and O–H groups in total. The number of benzene rings is 1. The molecule has 1 aromatic rings. The Hall–Kier alpha value is -0.820. The van der Waals surface area contributed by atoms with Crippen LogP contribution in [0.25, 0.3) is 0 Å². The Morgan fingerprint density at radius 2 is 1.67 bits per heavy atom. The smallest absolute Gasteiger partial charge is 0.0317 e. The van der Waals surface area contributed by atoms with Crippen LogP contribution in [0.15, 0.2) is 24.3 Å². The molecule has 0 aliphatic heterocycles. The van der Waals surface area contributed by atoms with Gasteiger partial charge in [0, 0.05) is 6.04 Å². The molecule has 1 heteroatoms. The van der Waals surface area contributed by atoms with E-state index >= 15 is 0 Å². The molecule has 0 aromatic heterocycles. The van der Waals surface area contributed by atoms with E-state index < -0.39 is 0 Å². The van der Waals surface area contributed by atoms with Gasteiger partial charge < -0.3 is 5.32 Å². The maximum Gasteiger partial charge on any atom is 0.0317 e. The summed E-state index contributed by atoms with van der Waals surface area (Å²) >= 11 is 0. The number of hydrogen-bond acceptors (Lipinski definition) is 1. The molecule has 1 aliphatic rings. The highest BCUT2D eigenvalue weighted by molar-refractivity contribution is 5.27. The van der Waals surface area contributed by atoms with E-state index in [1.807, 2.05) is 0 Å². The van der Waals surface area contributed by atoms with Crippen molar-refractivity contribution in [2.75, 3.05) is 7.05 Å². The van der Waals surface area contributed by atoms with E-state index in [0.717, 1.165) is 5.92 Å². The minimum Gasteiger partial charge on any atom is -0.313 e. The fraction of sp³-hybridized carbons (Fsp3) is 0.700. The van der Waals surface area contributed by atoms with Crippen LogP contribution in [0.1, 0.15) is 88.3 Å². The number of rotatable bonds is 7. The lowest BCUT2D eigenvalue weighted by atomic mass is 9.84. The molecular weight excluding hydrogens is 254 g/mol. The molecule has 1 aromatic carbocycles. The molecule has 0 radical (unpaired) electrons. The van der Waals surface area contributed by atoms with Crippen LogP contribution in [-0.4, -0.2) is 7.05 Å². The molecule has 2 atom stereocenters. The fourth-order valence-corrected chi connectivity index (χ4v) is 3.65. The summed E-state index contributed by atoms with van der Waals surface area (Å²) in [5.41, 5.74) is 2.93. The zero-order valence-electron chi connectivity index (χ0n) is 14.2. The van der Waals surface area contributed by atoms with Gasteiger partial charge in [-0.15, -0.1) is 0 Å². The van der Waals surface area contributed by atoms with Gasteiger partial charge in [-0.25, -0.2) is 0 Å². The van der Waals surface area contributed by atoms with Crippen LogP contribution in [0.3, 0.4) is 0 Å². The van der Waals surface area contributed by atoms with E-state index in [0.29, 0.717) is 12.0 Å². The SMILES string of the molecule is CCC(C)c1ccc(C(CCC2CCCCC2)NC)cc1. The number of nitrogens with one attached hydrogen (secondary N) is 1. The van der Waals surface area contributed by atoms with Crippen molar-refractivity contribution in [2.45, 2.75) is 77.2 Å². The molecule has 0 heterocycles. The summed E-state index contributed by atoms with van der Waals surface area (Å²) in [6.07, 6.45) is 11.2. The Bertz CT molecular complexity index is 389. The number of hydrogen-bond donors (Lipinski definition) is 1. The van der Waals surface area contributed by atoms with Gasteiger partial charge >= 0.3 is 0 Å². The zero-order valence-corrected chi connectivity index (χ0v) is 14.2. The van der Waals surface area contributed by atoms with Gasteiger partial charge in [-0.3, -0.25) is 0 Å². The molecule has 0 amide bonds. The Kier molecular flexibility index (Phi) is 6.76. The van der Waals surface area contributed by atoms with Gasteiger partial charge in [-0.05, 0) is 49.3 Å². The molecule has 118 valence electrons. The topological polar surface area (TPSA) is 12.0 Å². The Morgan fingerprint density at radius 1 is 1.05 bits per heavy atom. The van der Waals surface area contributed by atoms with Gasteiger partial charge in [0.2, 0.25) is 0 Å². The fourth-order valence-electron chi connectivity index (χ4n) is 3.65. The highest BCUT2D eigenvalue weighted by Gasteiger charge is 2.16. The first-order valence-corrected chi connectivity index (χ1v) is 9.01. The molecule has 2 unspecified atom stereocenters. The van der Waals surface area contributed by atoms with Crippen molar-refractivity contribution in [2.24, 2.45) is 5.92 Å². The van der Waals surface area contributed by atoms with Crippen LogP contribution in [0.5, 0.6) is 0 Å². The van der Waals surface area contributed by atoms with Crippen LogP contribution >= 0.6 is 0 Å². The summed E-state index contributed by atoms with van der Waals surface area (Å²) in [7, 11) is 2.11. The van der Waals surface area contributed by atoms with Crippen molar-refractivity contribution in [3.05, 3.63) is 35.4 Å². The van der Waals surface area contributed by atoms with Gasteiger partial charge in [0.15, 0.2) is 0 Å². The van der Waals surface area contributed by atoms with Gasteiger partial charge in [-0.2, -0.15) is 0 Å². The predicted molar refractivity (Wildman–Crippen MR) is 92.8 cm³/mol. The summed E-state index contributed by atoms with van der Waals surface area (Å²) < 4.78 is 0. The molecule has 0 spiro atoms. The van der Waals surface area contributed by atoms with E-state index in [1.165, 1.54) is 62.5 Å². The molecule has 21 heavy (non-hydrogen) atoms. The minimum atomic E-state index is 0.526. The van der Waals surface area contributed by atoms with E-state index in [1.54, 1.807) is 0 Å². The van der Waals surface area contributed by atoms with Crippen LogP contribution < -0.4 is 5.32 Å². The lowest BCUT2D eigenvalue weighted by molar-refractivity contribution is 0.317. The maximum absolute atomic E-state index is 3.52. The third-order valence-corrected chi connectivity index (χ3v) is 5.46. The van der Waals surface area contributed by atoms with Gasteiger partial charge in [-0.1, -0.05) is 70.2 Å². The summed E-state index contributed by atoms with van der Waals surface area (Å²) in [5.74, 6) is 1.66. The van der Waals surface area contributed by atoms with E-state index in [4.69, 9.17) is 0 Å². The molecule has 1 aliphatic carbocycles. The van der Waals surface area contributed by atoms with Gasteiger partial charge in [0.05, 0.1) is 0 Å². The quantitative estimate of drug-likeness (QED) is 0.666. The molecule has 0 saturated heterocycles. The second-order valence-electron chi connectivity index (χ2n) is 6.90. The predicted octanol–water partition coefficient (Wildman–Crippen LogP) is 5.82. The summed E-state index contributed by atoms with van der Waals surface area (Å²) in [5, 5.41) is 3.52. The molecule has 0 bridgehead atoms. The van der Waals surface area contributed by atoms with Crippen LogP contribution in [0.2, 0.25) is 0 Å². The highest BCUT2D eigenvalue weighted by Crippen LogP contribution is 2.30. The van der Waals surface area contributed by atoms with Crippen molar-refractivity contribution in [3.8, 4) is 0 Å². The highest BCUT2D eigenvalue weighted by atomic mass is 14.9. The van der Waals surface area contributed by atoms with E-state index in [9.17, 15) is 0 Å². The average Bonchev–Trinajstić information content (AvgIpc) is 2.56. The largest absolute Gasteiger partial charge is 0.313 e. The van der Waals surface area contributed by atoms with Crippen LogP contribution in [0, 0.1) is 5.92 Å². The molecule has 1 saturated carbocycles. The molecule has 1 fully saturated rings.